The molecule has 0 saturated heterocycles. The summed E-state index contributed by atoms with van der Waals surface area (Å²) < 4.78 is 30.9. The van der Waals surface area contributed by atoms with Crippen LogP contribution in [0.25, 0.3) is 0 Å². The summed E-state index contributed by atoms with van der Waals surface area (Å²) in [6, 6.07) is 0. The van der Waals surface area contributed by atoms with Crippen LogP contribution >= 0.6 is 0 Å². The molecule has 0 aliphatic rings. The zero-order chi connectivity index (χ0) is 11.5. The van der Waals surface area contributed by atoms with Crippen molar-refractivity contribution < 1.29 is 13.2 Å². The highest BCUT2D eigenvalue weighted by atomic mass is 32.2. The first-order valence-corrected chi connectivity index (χ1v) is 5.87. The largest absolute Gasteiger partial charge is 0.383 e. The van der Waals surface area contributed by atoms with Gasteiger partial charge in [0.2, 0.25) is 0 Å². The molecule has 0 bridgehead atoms. The van der Waals surface area contributed by atoms with Gasteiger partial charge in [-0.3, -0.25) is 0 Å². The SMILES string of the molecule is COCC(C)(C)NS(=O)(=O)c1cnc[nH]1. The number of nitrogens with zero attached hydrogens (tertiary/aromatic N) is 1. The second kappa shape index (κ2) is 4.30. The Balaban J connectivity index is 2.82. The lowest BCUT2D eigenvalue weighted by molar-refractivity contribution is 0.141. The summed E-state index contributed by atoms with van der Waals surface area (Å²) in [4.78, 5) is 6.20. The summed E-state index contributed by atoms with van der Waals surface area (Å²) in [5.41, 5.74) is -0.654. The third-order valence-corrected chi connectivity index (χ3v) is 3.30. The van der Waals surface area contributed by atoms with Gasteiger partial charge in [0.1, 0.15) is 0 Å². The number of hydrogen-bond donors (Lipinski definition) is 2. The summed E-state index contributed by atoms with van der Waals surface area (Å²) in [6.07, 6.45) is 2.57. The van der Waals surface area contributed by atoms with Gasteiger partial charge >= 0.3 is 0 Å². The number of aromatic amines is 1. The summed E-state index contributed by atoms with van der Waals surface area (Å²) in [6.45, 7) is 3.77. The minimum absolute atomic E-state index is 0.0479. The van der Waals surface area contributed by atoms with E-state index < -0.39 is 15.6 Å². The van der Waals surface area contributed by atoms with Crippen LogP contribution in [0.1, 0.15) is 13.8 Å². The van der Waals surface area contributed by atoms with Gasteiger partial charge in [-0.2, -0.15) is 0 Å². The molecule has 15 heavy (non-hydrogen) atoms. The molecule has 86 valence electrons. The van der Waals surface area contributed by atoms with E-state index in [1.165, 1.54) is 19.6 Å². The monoisotopic (exact) mass is 233 g/mol. The molecule has 0 radical (unpaired) electrons. The van der Waals surface area contributed by atoms with Crippen LogP contribution in [0.3, 0.4) is 0 Å². The van der Waals surface area contributed by atoms with Crippen LogP contribution in [-0.4, -0.2) is 37.6 Å². The standard InChI is InChI=1S/C8H15N3O3S/c1-8(2,5-14-3)11-15(12,13)7-4-9-6-10-7/h4,6,11H,5H2,1-3H3,(H,9,10). The molecule has 1 aromatic heterocycles. The van der Waals surface area contributed by atoms with E-state index >= 15 is 0 Å². The van der Waals surface area contributed by atoms with E-state index in [0.29, 0.717) is 6.61 Å². The van der Waals surface area contributed by atoms with Gasteiger partial charge in [0.05, 0.1) is 24.7 Å². The molecule has 1 heterocycles. The van der Waals surface area contributed by atoms with Crippen LogP contribution in [0.2, 0.25) is 0 Å². The van der Waals surface area contributed by atoms with Crippen molar-refractivity contribution in [2.45, 2.75) is 24.4 Å². The van der Waals surface area contributed by atoms with E-state index in [0.717, 1.165) is 0 Å². The van der Waals surface area contributed by atoms with E-state index in [-0.39, 0.29) is 5.03 Å². The maximum atomic E-state index is 11.7. The third kappa shape index (κ3) is 3.29. The van der Waals surface area contributed by atoms with Crippen molar-refractivity contribution in [2.24, 2.45) is 0 Å². The molecule has 0 spiro atoms. The highest BCUT2D eigenvalue weighted by Gasteiger charge is 2.26. The van der Waals surface area contributed by atoms with Crippen LogP contribution in [0, 0.1) is 0 Å². The molecule has 0 amide bonds. The summed E-state index contributed by atoms with van der Waals surface area (Å²) in [5, 5.41) is 0.0479. The average Bonchev–Trinajstić information content (AvgIpc) is 2.52. The Morgan fingerprint density at radius 3 is 2.73 bits per heavy atom. The molecule has 0 aliphatic heterocycles. The van der Waals surface area contributed by atoms with Gasteiger partial charge in [-0.15, -0.1) is 0 Å². The Bertz CT molecular complexity index is 397. The lowest BCUT2D eigenvalue weighted by Gasteiger charge is -2.24. The Labute approximate surface area is 89.1 Å². The molecule has 6 nitrogen and oxygen atoms in total. The molecule has 0 aromatic carbocycles. The number of nitrogens with one attached hydrogen (secondary N) is 2. The predicted molar refractivity (Wildman–Crippen MR) is 54.9 cm³/mol. The van der Waals surface area contributed by atoms with Crippen LogP contribution < -0.4 is 4.72 Å². The minimum Gasteiger partial charge on any atom is -0.383 e. The van der Waals surface area contributed by atoms with Gasteiger partial charge in [-0.05, 0) is 13.8 Å². The van der Waals surface area contributed by atoms with Gasteiger partial charge in [0.15, 0.2) is 5.03 Å². The Kier molecular flexibility index (Phi) is 3.48. The Morgan fingerprint density at radius 2 is 2.27 bits per heavy atom. The number of aromatic nitrogens is 2. The topological polar surface area (TPSA) is 84.1 Å². The fourth-order valence-corrected chi connectivity index (χ4v) is 2.50. The first-order chi connectivity index (χ1) is 6.87. The number of hydrogen-bond acceptors (Lipinski definition) is 4. The molecule has 7 heteroatoms. The molecule has 0 aliphatic carbocycles. The fraction of sp³-hybridized carbons (Fsp3) is 0.625. The second-order valence-electron chi connectivity index (χ2n) is 3.84. The first-order valence-electron chi connectivity index (χ1n) is 4.39. The van der Waals surface area contributed by atoms with Crippen LogP contribution in [0.5, 0.6) is 0 Å². The summed E-state index contributed by atoms with van der Waals surface area (Å²) in [5.74, 6) is 0. The Morgan fingerprint density at radius 1 is 1.60 bits per heavy atom. The molecule has 1 rings (SSSR count). The van der Waals surface area contributed by atoms with Gasteiger partial charge in [-0.25, -0.2) is 18.1 Å². The molecule has 2 N–H and O–H groups in total. The number of methoxy groups -OCH3 is 1. The number of rotatable bonds is 5. The number of sulfonamides is 1. The van der Waals surface area contributed by atoms with Crippen LogP contribution in [0.15, 0.2) is 17.6 Å². The predicted octanol–water partition coefficient (Wildman–Crippen LogP) is 0.113. The molecule has 0 fully saturated rings. The van der Waals surface area contributed by atoms with Crippen molar-refractivity contribution in [3.05, 3.63) is 12.5 Å². The molecular formula is C8H15N3O3S. The average molecular weight is 233 g/mol. The number of ether oxygens (including phenoxy) is 1. The van der Waals surface area contributed by atoms with Gasteiger partial charge < -0.3 is 9.72 Å². The fourth-order valence-electron chi connectivity index (χ4n) is 1.20. The zero-order valence-electron chi connectivity index (χ0n) is 8.94. The Hall–Kier alpha value is -0.920. The van der Waals surface area contributed by atoms with Gasteiger partial charge in [-0.1, -0.05) is 0 Å². The van der Waals surface area contributed by atoms with Crippen LogP contribution in [0.4, 0.5) is 0 Å². The van der Waals surface area contributed by atoms with Crippen LogP contribution in [-0.2, 0) is 14.8 Å². The van der Waals surface area contributed by atoms with E-state index in [1.807, 2.05) is 0 Å². The molecule has 1 aromatic rings. The maximum Gasteiger partial charge on any atom is 0.258 e. The minimum atomic E-state index is -3.54. The first kappa shape index (κ1) is 12.2. The van der Waals surface area contributed by atoms with Crippen molar-refractivity contribution in [1.29, 1.82) is 0 Å². The number of H-pyrrole nitrogens is 1. The normalized spacial score (nSPS) is 13.0. The molecule has 0 atom stereocenters. The quantitative estimate of drug-likeness (QED) is 0.756. The third-order valence-electron chi connectivity index (χ3n) is 1.68. The highest BCUT2D eigenvalue weighted by molar-refractivity contribution is 7.89. The van der Waals surface area contributed by atoms with E-state index in [1.54, 1.807) is 13.8 Å². The van der Waals surface area contributed by atoms with E-state index in [9.17, 15) is 8.42 Å². The van der Waals surface area contributed by atoms with E-state index in [4.69, 9.17) is 4.74 Å². The zero-order valence-corrected chi connectivity index (χ0v) is 9.76. The maximum absolute atomic E-state index is 11.7. The lowest BCUT2D eigenvalue weighted by Crippen LogP contribution is -2.46. The van der Waals surface area contributed by atoms with Crippen molar-refractivity contribution in [3.8, 4) is 0 Å². The second-order valence-corrected chi connectivity index (χ2v) is 5.49. The summed E-state index contributed by atoms with van der Waals surface area (Å²) in [7, 11) is -2.02. The van der Waals surface area contributed by atoms with Gasteiger partial charge in [0.25, 0.3) is 10.0 Å². The van der Waals surface area contributed by atoms with Gasteiger partial charge in [0, 0.05) is 7.11 Å². The van der Waals surface area contributed by atoms with Crippen molar-refractivity contribution in [1.82, 2.24) is 14.7 Å². The smallest absolute Gasteiger partial charge is 0.258 e. The van der Waals surface area contributed by atoms with Crippen molar-refractivity contribution in [2.75, 3.05) is 13.7 Å². The molecular weight excluding hydrogens is 218 g/mol. The van der Waals surface area contributed by atoms with Crippen molar-refractivity contribution >= 4 is 10.0 Å². The molecule has 0 unspecified atom stereocenters. The molecule has 0 saturated carbocycles. The number of imidazole rings is 1. The van der Waals surface area contributed by atoms with Crippen molar-refractivity contribution in [3.63, 3.8) is 0 Å². The lowest BCUT2D eigenvalue weighted by atomic mass is 10.1. The summed E-state index contributed by atoms with van der Waals surface area (Å²) >= 11 is 0. The van der Waals surface area contributed by atoms with E-state index in [2.05, 4.69) is 14.7 Å². The highest BCUT2D eigenvalue weighted by Crippen LogP contribution is 2.10.